The summed E-state index contributed by atoms with van der Waals surface area (Å²) in [6.45, 7) is 7.48. The van der Waals surface area contributed by atoms with E-state index in [9.17, 15) is 0 Å². The zero-order valence-corrected chi connectivity index (χ0v) is 12.5. The molecule has 0 aliphatic carbocycles. The maximum atomic E-state index is 6.15. The van der Waals surface area contributed by atoms with Crippen LogP contribution in [-0.2, 0) is 6.54 Å². The van der Waals surface area contributed by atoms with Crippen molar-refractivity contribution >= 4 is 23.2 Å². The van der Waals surface area contributed by atoms with Gasteiger partial charge in [-0.15, -0.1) is 0 Å². The van der Waals surface area contributed by atoms with E-state index < -0.39 is 0 Å². The van der Waals surface area contributed by atoms with Gasteiger partial charge in [0.1, 0.15) is 12.4 Å². The van der Waals surface area contributed by atoms with Gasteiger partial charge in [-0.3, -0.25) is 0 Å². The molecule has 0 aromatic heterocycles. The third-order valence-electron chi connectivity index (χ3n) is 2.27. The average molecular weight is 288 g/mol. The van der Waals surface area contributed by atoms with Gasteiger partial charge >= 0.3 is 0 Å². The number of hydrogen-bond acceptors (Lipinski definition) is 2. The van der Waals surface area contributed by atoms with E-state index in [0.717, 1.165) is 5.56 Å². The standard InChI is InChI=1S/C14H19Cl2NO/c1-14(2,3)17-10-11-6-4-7-12(16)13(11)18-9-5-8-15/h4-8,17H,9-10H2,1-3H3/b8-5+. The van der Waals surface area contributed by atoms with E-state index in [4.69, 9.17) is 27.9 Å². The summed E-state index contributed by atoms with van der Waals surface area (Å²) in [4.78, 5) is 0. The van der Waals surface area contributed by atoms with Gasteiger partial charge in [-0.1, -0.05) is 35.3 Å². The lowest BCUT2D eigenvalue weighted by Gasteiger charge is -2.22. The van der Waals surface area contributed by atoms with Crippen molar-refractivity contribution in [2.24, 2.45) is 0 Å². The summed E-state index contributed by atoms with van der Waals surface area (Å²) < 4.78 is 5.63. The Hall–Kier alpha value is -0.700. The molecule has 0 bridgehead atoms. The molecule has 0 atom stereocenters. The van der Waals surface area contributed by atoms with Crippen molar-refractivity contribution in [3.8, 4) is 5.75 Å². The molecule has 1 aromatic rings. The number of hydrogen-bond donors (Lipinski definition) is 1. The Morgan fingerprint density at radius 1 is 1.33 bits per heavy atom. The number of ether oxygens (including phenoxy) is 1. The number of rotatable bonds is 5. The third-order valence-corrected chi connectivity index (χ3v) is 2.75. The molecular weight excluding hydrogens is 269 g/mol. The number of nitrogens with one attached hydrogen (secondary N) is 1. The summed E-state index contributed by atoms with van der Waals surface area (Å²) in [6, 6.07) is 5.75. The molecule has 2 nitrogen and oxygen atoms in total. The number of halogens is 2. The Morgan fingerprint density at radius 2 is 2.06 bits per heavy atom. The molecule has 1 N–H and O–H groups in total. The van der Waals surface area contributed by atoms with Crippen molar-refractivity contribution in [2.45, 2.75) is 32.9 Å². The number of benzene rings is 1. The summed E-state index contributed by atoms with van der Waals surface area (Å²) in [5.41, 5.74) is 2.53. The maximum absolute atomic E-state index is 6.15. The summed E-state index contributed by atoms with van der Waals surface area (Å²) in [6.07, 6.45) is 1.73. The lowest BCUT2D eigenvalue weighted by Crippen LogP contribution is -2.35. The molecule has 0 aliphatic heterocycles. The second kappa shape index (κ2) is 7.03. The molecule has 0 radical (unpaired) electrons. The highest BCUT2D eigenvalue weighted by Gasteiger charge is 2.12. The quantitative estimate of drug-likeness (QED) is 0.869. The van der Waals surface area contributed by atoms with Gasteiger partial charge < -0.3 is 10.1 Å². The van der Waals surface area contributed by atoms with E-state index in [1.165, 1.54) is 5.54 Å². The predicted molar refractivity (Wildman–Crippen MR) is 78.5 cm³/mol. The van der Waals surface area contributed by atoms with Gasteiger partial charge in [-0.05, 0) is 32.9 Å². The maximum Gasteiger partial charge on any atom is 0.142 e. The van der Waals surface area contributed by atoms with Crippen molar-refractivity contribution in [1.82, 2.24) is 5.32 Å². The zero-order chi connectivity index (χ0) is 13.6. The first-order chi connectivity index (χ1) is 8.44. The Bertz CT molecular complexity index is 411. The molecule has 0 aliphatic rings. The SMILES string of the molecule is CC(C)(C)NCc1cccc(Cl)c1OC/C=C/Cl. The van der Waals surface area contributed by atoms with Crippen molar-refractivity contribution in [3.05, 3.63) is 40.4 Å². The molecule has 18 heavy (non-hydrogen) atoms. The smallest absolute Gasteiger partial charge is 0.142 e. The second-order valence-electron chi connectivity index (χ2n) is 5.00. The Morgan fingerprint density at radius 3 is 2.67 bits per heavy atom. The molecule has 0 fully saturated rings. The Labute approximate surface area is 119 Å². The van der Waals surface area contributed by atoms with Crippen molar-refractivity contribution in [3.63, 3.8) is 0 Å². The molecule has 0 unspecified atom stereocenters. The van der Waals surface area contributed by atoms with Crippen LogP contribution in [-0.4, -0.2) is 12.1 Å². The van der Waals surface area contributed by atoms with E-state index in [2.05, 4.69) is 26.1 Å². The molecule has 1 aromatic carbocycles. The van der Waals surface area contributed by atoms with Crippen LogP contribution in [0.25, 0.3) is 0 Å². The second-order valence-corrected chi connectivity index (χ2v) is 5.66. The van der Waals surface area contributed by atoms with Crippen LogP contribution in [0.3, 0.4) is 0 Å². The van der Waals surface area contributed by atoms with Gasteiger partial charge in [0.05, 0.1) is 5.02 Å². The monoisotopic (exact) mass is 287 g/mol. The topological polar surface area (TPSA) is 21.3 Å². The highest BCUT2D eigenvalue weighted by atomic mass is 35.5. The minimum absolute atomic E-state index is 0.0512. The zero-order valence-electron chi connectivity index (χ0n) is 11.0. The van der Waals surface area contributed by atoms with Crippen molar-refractivity contribution in [1.29, 1.82) is 0 Å². The van der Waals surface area contributed by atoms with Crippen LogP contribution in [0.4, 0.5) is 0 Å². The highest BCUT2D eigenvalue weighted by molar-refractivity contribution is 6.32. The van der Waals surface area contributed by atoms with Gasteiger partial charge in [0.2, 0.25) is 0 Å². The van der Waals surface area contributed by atoms with Crippen molar-refractivity contribution < 1.29 is 4.74 Å². The van der Waals surface area contributed by atoms with Gasteiger partial charge in [-0.25, -0.2) is 0 Å². The Kier molecular flexibility index (Phi) is 6.00. The predicted octanol–water partition coefficient (Wildman–Crippen LogP) is 4.36. The Balaban J connectivity index is 2.79. The van der Waals surface area contributed by atoms with Crippen LogP contribution in [0.2, 0.25) is 5.02 Å². The summed E-state index contributed by atoms with van der Waals surface area (Å²) in [7, 11) is 0. The van der Waals surface area contributed by atoms with Crippen LogP contribution in [0.5, 0.6) is 5.75 Å². The van der Waals surface area contributed by atoms with E-state index in [1.54, 1.807) is 6.08 Å². The molecule has 0 amide bonds. The fraction of sp³-hybridized carbons (Fsp3) is 0.429. The van der Waals surface area contributed by atoms with Crippen LogP contribution < -0.4 is 10.1 Å². The summed E-state index contributed by atoms with van der Waals surface area (Å²) >= 11 is 11.6. The average Bonchev–Trinajstić information content (AvgIpc) is 2.28. The fourth-order valence-corrected chi connectivity index (χ4v) is 1.70. The molecule has 100 valence electrons. The van der Waals surface area contributed by atoms with Crippen LogP contribution >= 0.6 is 23.2 Å². The highest BCUT2D eigenvalue weighted by Crippen LogP contribution is 2.29. The molecule has 4 heteroatoms. The molecule has 0 heterocycles. The van der Waals surface area contributed by atoms with Gasteiger partial charge in [0.15, 0.2) is 0 Å². The first-order valence-corrected chi connectivity index (χ1v) is 6.66. The fourth-order valence-electron chi connectivity index (χ4n) is 1.38. The van der Waals surface area contributed by atoms with E-state index in [0.29, 0.717) is 23.9 Å². The first-order valence-electron chi connectivity index (χ1n) is 5.84. The van der Waals surface area contributed by atoms with Gasteiger partial charge in [0, 0.05) is 23.2 Å². The third kappa shape index (κ3) is 5.30. The number of para-hydroxylation sites is 1. The normalized spacial score (nSPS) is 12.1. The molecule has 0 saturated heterocycles. The van der Waals surface area contributed by atoms with Crippen LogP contribution in [0.1, 0.15) is 26.3 Å². The molecule has 0 spiro atoms. The van der Waals surface area contributed by atoms with E-state index >= 15 is 0 Å². The van der Waals surface area contributed by atoms with Crippen molar-refractivity contribution in [2.75, 3.05) is 6.61 Å². The first kappa shape index (κ1) is 15.4. The lowest BCUT2D eigenvalue weighted by atomic mass is 10.1. The van der Waals surface area contributed by atoms with Crippen LogP contribution in [0.15, 0.2) is 29.8 Å². The van der Waals surface area contributed by atoms with Gasteiger partial charge in [0.25, 0.3) is 0 Å². The summed E-state index contributed by atoms with van der Waals surface area (Å²) in [5, 5.41) is 4.03. The largest absolute Gasteiger partial charge is 0.488 e. The van der Waals surface area contributed by atoms with Crippen LogP contribution in [0, 0.1) is 0 Å². The molecule has 1 rings (SSSR count). The van der Waals surface area contributed by atoms with E-state index in [1.807, 2.05) is 18.2 Å². The lowest BCUT2D eigenvalue weighted by molar-refractivity contribution is 0.353. The molecule has 0 saturated carbocycles. The minimum atomic E-state index is 0.0512. The minimum Gasteiger partial charge on any atom is -0.488 e. The van der Waals surface area contributed by atoms with Gasteiger partial charge in [-0.2, -0.15) is 0 Å². The van der Waals surface area contributed by atoms with E-state index in [-0.39, 0.29) is 5.54 Å². The summed E-state index contributed by atoms with van der Waals surface area (Å²) in [5.74, 6) is 0.714. The molecular formula is C14H19Cl2NO.